The van der Waals surface area contributed by atoms with Gasteiger partial charge in [-0.25, -0.2) is 4.39 Å². The maximum absolute atomic E-state index is 14.1. The molecule has 1 aliphatic carbocycles. The number of fused-ring (bicyclic) bond motifs is 3. The van der Waals surface area contributed by atoms with Crippen LogP contribution in [-0.2, 0) is 18.2 Å². The fraction of sp³-hybridized carbons (Fsp3) is 0.308. The zero-order chi connectivity index (χ0) is 12.0. The molecule has 0 fully saturated rings. The predicted octanol–water partition coefficient (Wildman–Crippen LogP) is 3.05. The van der Waals surface area contributed by atoms with Crippen molar-refractivity contribution in [1.29, 1.82) is 0 Å². The Morgan fingerprint density at radius 3 is 2.82 bits per heavy atom. The quantitative estimate of drug-likeness (QED) is 0.806. The molecule has 0 saturated carbocycles. The molecule has 3 rings (SSSR count). The molecular weight excluding hydrogens is 285 g/mol. The van der Waals surface area contributed by atoms with Crippen molar-refractivity contribution >= 4 is 26.8 Å². The molecule has 1 aromatic carbocycles. The van der Waals surface area contributed by atoms with Gasteiger partial charge in [-0.2, -0.15) is 0 Å². The monoisotopic (exact) mass is 295 g/mol. The predicted molar refractivity (Wildman–Crippen MR) is 69.2 cm³/mol. The number of alkyl halides is 1. The van der Waals surface area contributed by atoms with Gasteiger partial charge in [-0.05, 0) is 24.8 Å². The molecular formula is C13H11BrFNO. The summed E-state index contributed by atoms with van der Waals surface area (Å²) >= 11 is 3.24. The minimum Gasteiger partial charge on any atom is -0.319 e. The molecule has 0 unspecified atom stereocenters. The summed E-state index contributed by atoms with van der Waals surface area (Å²) in [6.07, 6.45) is 2.67. The molecule has 1 aromatic heterocycles. The molecule has 0 saturated heterocycles. The van der Waals surface area contributed by atoms with Gasteiger partial charge in [-0.15, -0.1) is 0 Å². The lowest BCUT2D eigenvalue weighted by Crippen LogP contribution is -2.13. The number of nitrogens with one attached hydrogen (secondary N) is 1. The highest BCUT2D eigenvalue weighted by molar-refractivity contribution is 9.08. The largest absolute Gasteiger partial charge is 0.319 e. The van der Waals surface area contributed by atoms with Crippen molar-refractivity contribution in [2.45, 2.75) is 24.6 Å². The van der Waals surface area contributed by atoms with Gasteiger partial charge >= 0.3 is 0 Å². The van der Waals surface area contributed by atoms with E-state index in [0.717, 1.165) is 35.8 Å². The van der Waals surface area contributed by atoms with E-state index >= 15 is 0 Å². The Morgan fingerprint density at radius 2 is 2.06 bits per heavy atom. The Balaban J connectivity index is 2.45. The van der Waals surface area contributed by atoms with Crippen LogP contribution in [0.5, 0.6) is 0 Å². The van der Waals surface area contributed by atoms with Crippen molar-refractivity contribution in [1.82, 2.24) is 4.98 Å². The minimum absolute atomic E-state index is 0.129. The topological polar surface area (TPSA) is 32.9 Å². The van der Waals surface area contributed by atoms with Crippen LogP contribution in [0.25, 0.3) is 10.9 Å². The zero-order valence-corrected chi connectivity index (χ0v) is 10.7. The van der Waals surface area contributed by atoms with E-state index in [1.807, 2.05) is 6.07 Å². The first kappa shape index (κ1) is 11.0. The van der Waals surface area contributed by atoms with E-state index in [0.29, 0.717) is 16.4 Å². The van der Waals surface area contributed by atoms with Crippen molar-refractivity contribution in [3.63, 3.8) is 0 Å². The Bertz CT molecular complexity index is 662. The molecule has 0 spiro atoms. The van der Waals surface area contributed by atoms with Crippen molar-refractivity contribution in [2.24, 2.45) is 0 Å². The maximum atomic E-state index is 14.1. The SMILES string of the molecule is O=c1[nH]c2c(F)c(CBr)ccc2c2c1CCC2. The summed E-state index contributed by atoms with van der Waals surface area (Å²) in [4.78, 5) is 14.5. The second-order valence-corrected chi connectivity index (χ2v) is 4.92. The Hall–Kier alpha value is -1.16. The maximum Gasteiger partial charge on any atom is 0.251 e. The summed E-state index contributed by atoms with van der Waals surface area (Å²) in [6.45, 7) is 0. The van der Waals surface area contributed by atoms with E-state index in [9.17, 15) is 9.18 Å². The highest BCUT2D eigenvalue weighted by Crippen LogP contribution is 2.29. The number of H-pyrrole nitrogens is 1. The molecule has 0 atom stereocenters. The van der Waals surface area contributed by atoms with E-state index in [2.05, 4.69) is 20.9 Å². The molecule has 4 heteroatoms. The van der Waals surface area contributed by atoms with Crippen LogP contribution in [0.3, 0.4) is 0 Å². The second-order valence-electron chi connectivity index (χ2n) is 4.36. The van der Waals surface area contributed by atoms with E-state index in [-0.39, 0.29) is 11.4 Å². The van der Waals surface area contributed by atoms with E-state index in [4.69, 9.17) is 0 Å². The van der Waals surface area contributed by atoms with Gasteiger partial charge in [0, 0.05) is 21.8 Å². The second kappa shape index (κ2) is 3.95. The van der Waals surface area contributed by atoms with Crippen molar-refractivity contribution < 1.29 is 4.39 Å². The van der Waals surface area contributed by atoms with Crippen LogP contribution >= 0.6 is 15.9 Å². The van der Waals surface area contributed by atoms with Crippen molar-refractivity contribution in [3.8, 4) is 0 Å². The number of aromatic amines is 1. The van der Waals surface area contributed by atoms with Crippen LogP contribution in [0.2, 0.25) is 0 Å². The molecule has 1 aliphatic rings. The molecule has 1 N–H and O–H groups in total. The molecule has 88 valence electrons. The third kappa shape index (κ3) is 1.54. The normalized spacial score (nSPS) is 14.2. The summed E-state index contributed by atoms with van der Waals surface area (Å²) in [5, 5.41) is 1.31. The summed E-state index contributed by atoms with van der Waals surface area (Å²) in [7, 11) is 0. The van der Waals surface area contributed by atoms with Crippen molar-refractivity contribution in [2.75, 3.05) is 0 Å². The average molecular weight is 296 g/mol. The number of halogens is 2. The summed E-state index contributed by atoms with van der Waals surface area (Å²) in [5.74, 6) is -0.314. The van der Waals surface area contributed by atoms with Crippen molar-refractivity contribution in [3.05, 3.63) is 45.0 Å². The standard InChI is InChI=1S/C13H11BrFNO/c14-6-7-4-5-9-8-2-1-3-10(8)13(17)16-12(9)11(7)15/h4-5H,1-3,6H2,(H,16,17). The molecule has 0 bridgehead atoms. The fourth-order valence-corrected chi connectivity index (χ4v) is 3.01. The molecule has 2 aromatic rings. The average Bonchev–Trinajstić information content (AvgIpc) is 2.81. The molecule has 2 nitrogen and oxygen atoms in total. The number of hydrogen-bond donors (Lipinski definition) is 1. The lowest BCUT2D eigenvalue weighted by Gasteiger charge is -2.08. The van der Waals surface area contributed by atoms with Crippen LogP contribution in [-0.4, -0.2) is 4.98 Å². The Kier molecular flexibility index (Phi) is 2.54. The number of aromatic nitrogens is 1. The van der Waals surface area contributed by atoms with Gasteiger partial charge in [-0.3, -0.25) is 4.79 Å². The molecule has 17 heavy (non-hydrogen) atoms. The first-order valence-electron chi connectivity index (χ1n) is 5.63. The molecule has 1 heterocycles. The first-order valence-corrected chi connectivity index (χ1v) is 6.75. The number of rotatable bonds is 1. The van der Waals surface area contributed by atoms with Crippen LogP contribution < -0.4 is 5.56 Å². The summed E-state index contributed by atoms with van der Waals surface area (Å²) < 4.78 is 14.1. The zero-order valence-electron chi connectivity index (χ0n) is 9.15. The lowest BCUT2D eigenvalue weighted by molar-refractivity contribution is 0.626. The van der Waals surface area contributed by atoms with Gasteiger partial charge in [-0.1, -0.05) is 28.1 Å². The van der Waals surface area contributed by atoms with E-state index < -0.39 is 0 Å². The number of benzene rings is 1. The van der Waals surface area contributed by atoms with Gasteiger partial charge in [0.15, 0.2) is 5.82 Å². The summed E-state index contributed by atoms with van der Waals surface area (Å²) in [6, 6.07) is 3.69. The first-order chi connectivity index (χ1) is 8.22. The molecule has 0 radical (unpaired) electrons. The molecule has 0 aliphatic heterocycles. The fourth-order valence-electron chi connectivity index (χ4n) is 2.58. The number of pyridine rings is 1. The molecule has 0 amide bonds. The van der Waals surface area contributed by atoms with Crippen LogP contribution in [0, 0.1) is 5.82 Å². The Labute approximate surface area is 106 Å². The number of aryl methyl sites for hydroxylation is 1. The van der Waals surface area contributed by atoms with Crippen LogP contribution in [0.1, 0.15) is 23.1 Å². The van der Waals surface area contributed by atoms with Gasteiger partial charge < -0.3 is 4.98 Å². The van der Waals surface area contributed by atoms with E-state index in [1.54, 1.807) is 6.07 Å². The van der Waals surface area contributed by atoms with E-state index in [1.165, 1.54) is 0 Å². The van der Waals surface area contributed by atoms with Crippen LogP contribution in [0.15, 0.2) is 16.9 Å². The third-order valence-electron chi connectivity index (χ3n) is 3.42. The lowest BCUT2D eigenvalue weighted by atomic mass is 10.0. The van der Waals surface area contributed by atoms with Crippen LogP contribution in [0.4, 0.5) is 4.39 Å². The smallest absolute Gasteiger partial charge is 0.251 e. The number of hydrogen-bond acceptors (Lipinski definition) is 1. The van der Waals surface area contributed by atoms with Gasteiger partial charge in [0.2, 0.25) is 0 Å². The highest BCUT2D eigenvalue weighted by Gasteiger charge is 2.19. The summed E-state index contributed by atoms with van der Waals surface area (Å²) in [5.41, 5.74) is 2.67. The van der Waals surface area contributed by atoms with Gasteiger partial charge in [0.25, 0.3) is 5.56 Å². The van der Waals surface area contributed by atoms with Gasteiger partial charge in [0.1, 0.15) is 0 Å². The minimum atomic E-state index is -0.314. The Morgan fingerprint density at radius 1 is 1.29 bits per heavy atom. The van der Waals surface area contributed by atoms with Gasteiger partial charge in [0.05, 0.1) is 5.52 Å². The third-order valence-corrected chi connectivity index (χ3v) is 4.03. The highest BCUT2D eigenvalue weighted by atomic mass is 79.9.